The van der Waals surface area contributed by atoms with E-state index in [0.29, 0.717) is 13.1 Å². The molecular formula is C15H23N3O. The van der Waals surface area contributed by atoms with Gasteiger partial charge in [-0.15, -0.1) is 13.2 Å². The topological polar surface area (TPSA) is 47.3 Å². The van der Waals surface area contributed by atoms with E-state index < -0.39 is 0 Å². The molecule has 1 amide bonds. The number of nitrogens with zero attached hydrogens (tertiary/aromatic N) is 3. The van der Waals surface area contributed by atoms with Gasteiger partial charge in [0.2, 0.25) is 0 Å². The van der Waals surface area contributed by atoms with Crippen molar-refractivity contribution >= 4 is 5.91 Å². The van der Waals surface area contributed by atoms with E-state index in [9.17, 15) is 4.79 Å². The van der Waals surface area contributed by atoms with Crippen LogP contribution in [0.4, 0.5) is 0 Å². The van der Waals surface area contributed by atoms with Crippen molar-refractivity contribution in [2.75, 3.05) is 26.7 Å². The van der Waals surface area contributed by atoms with Crippen LogP contribution in [0.5, 0.6) is 0 Å². The number of amides is 1. The summed E-state index contributed by atoms with van der Waals surface area (Å²) in [5.41, 5.74) is 0.141. The van der Waals surface area contributed by atoms with Gasteiger partial charge in [0.05, 0.1) is 0 Å². The summed E-state index contributed by atoms with van der Waals surface area (Å²) in [6.45, 7) is 11.0. The molecule has 0 aromatic carbocycles. The van der Waals surface area contributed by atoms with Crippen LogP contribution in [-0.2, 0) is 4.79 Å². The van der Waals surface area contributed by atoms with Crippen LogP contribution in [-0.4, -0.2) is 42.4 Å². The average Bonchev–Trinajstić information content (AvgIpc) is 2.41. The van der Waals surface area contributed by atoms with Crippen molar-refractivity contribution in [3.63, 3.8) is 0 Å². The van der Waals surface area contributed by atoms with Crippen molar-refractivity contribution in [3.8, 4) is 6.07 Å². The quantitative estimate of drug-likeness (QED) is 0.363. The molecule has 0 aliphatic rings. The molecule has 0 bridgehead atoms. The molecule has 0 saturated carbocycles. The van der Waals surface area contributed by atoms with Gasteiger partial charge in [0, 0.05) is 32.9 Å². The van der Waals surface area contributed by atoms with E-state index >= 15 is 0 Å². The first-order chi connectivity index (χ1) is 9.10. The molecule has 0 unspecified atom stereocenters. The lowest BCUT2D eigenvalue weighted by atomic mass is 10.2. The highest BCUT2D eigenvalue weighted by molar-refractivity contribution is 5.97. The molecule has 0 radical (unpaired) electrons. The number of rotatable bonds is 9. The first-order valence-electron chi connectivity index (χ1n) is 6.43. The Morgan fingerprint density at radius 3 is 2.32 bits per heavy atom. The molecule has 0 heterocycles. The van der Waals surface area contributed by atoms with Crippen molar-refractivity contribution in [2.45, 2.75) is 19.8 Å². The zero-order valence-electron chi connectivity index (χ0n) is 11.9. The summed E-state index contributed by atoms with van der Waals surface area (Å²) in [5, 5.41) is 9.11. The first-order valence-corrected chi connectivity index (χ1v) is 6.43. The van der Waals surface area contributed by atoms with Crippen molar-refractivity contribution in [2.24, 2.45) is 0 Å². The maximum Gasteiger partial charge on any atom is 0.266 e. The Morgan fingerprint density at radius 1 is 1.32 bits per heavy atom. The van der Waals surface area contributed by atoms with Gasteiger partial charge in [-0.25, -0.2) is 0 Å². The second-order valence-corrected chi connectivity index (χ2v) is 4.28. The molecule has 0 aliphatic carbocycles. The normalized spacial score (nSPS) is 10.5. The highest BCUT2D eigenvalue weighted by atomic mass is 16.2. The van der Waals surface area contributed by atoms with Gasteiger partial charge >= 0.3 is 0 Å². The standard InChI is InChI=1S/C15H23N3O/c1-5-8-11-17(4)13-14(12-16)15(19)18(9-6-2)10-7-3/h6-7,13H,2-3,5,8-11H2,1,4H3/b14-13-. The Morgan fingerprint density at radius 2 is 1.89 bits per heavy atom. The fourth-order valence-electron chi connectivity index (χ4n) is 1.55. The number of hydrogen-bond acceptors (Lipinski definition) is 3. The first kappa shape index (κ1) is 17.0. The number of nitriles is 1. The van der Waals surface area contributed by atoms with E-state index in [2.05, 4.69) is 20.1 Å². The number of unbranched alkanes of at least 4 members (excludes halogenated alkanes) is 1. The zero-order valence-corrected chi connectivity index (χ0v) is 11.9. The lowest BCUT2D eigenvalue weighted by molar-refractivity contribution is -0.125. The lowest BCUT2D eigenvalue weighted by Gasteiger charge is -2.20. The minimum Gasteiger partial charge on any atom is -0.379 e. The van der Waals surface area contributed by atoms with E-state index in [0.717, 1.165) is 19.4 Å². The smallest absolute Gasteiger partial charge is 0.266 e. The summed E-state index contributed by atoms with van der Waals surface area (Å²) < 4.78 is 0. The van der Waals surface area contributed by atoms with Gasteiger partial charge in [-0.3, -0.25) is 4.79 Å². The molecule has 0 N–H and O–H groups in total. The van der Waals surface area contributed by atoms with Crippen LogP contribution in [0.2, 0.25) is 0 Å². The highest BCUT2D eigenvalue weighted by Gasteiger charge is 2.16. The lowest BCUT2D eigenvalue weighted by Crippen LogP contribution is -2.33. The van der Waals surface area contributed by atoms with Crippen LogP contribution in [0.15, 0.2) is 37.1 Å². The molecule has 19 heavy (non-hydrogen) atoms. The second-order valence-electron chi connectivity index (χ2n) is 4.28. The minimum absolute atomic E-state index is 0.141. The Hall–Kier alpha value is -2.02. The predicted molar refractivity (Wildman–Crippen MR) is 78.2 cm³/mol. The highest BCUT2D eigenvalue weighted by Crippen LogP contribution is 2.04. The van der Waals surface area contributed by atoms with Crippen LogP contribution in [0.25, 0.3) is 0 Å². The van der Waals surface area contributed by atoms with Crippen molar-refractivity contribution in [1.29, 1.82) is 5.26 Å². The zero-order chi connectivity index (χ0) is 14.7. The van der Waals surface area contributed by atoms with Crippen LogP contribution in [0, 0.1) is 11.3 Å². The predicted octanol–water partition coefficient (Wildman–Crippen LogP) is 2.33. The SMILES string of the molecule is C=CCN(CC=C)C(=O)/C(C#N)=C\N(C)CCCC. The summed E-state index contributed by atoms with van der Waals surface area (Å²) in [6, 6.07) is 1.97. The average molecular weight is 261 g/mol. The summed E-state index contributed by atoms with van der Waals surface area (Å²) in [7, 11) is 1.87. The maximum atomic E-state index is 12.2. The van der Waals surface area contributed by atoms with Gasteiger partial charge in [0.1, 0.15) is 11.6 Å². The third-order valence-electron chi connectivity index (χ3n) is 2.55. The summed E-state index contributed by atoms with van der Waals surface area (Å²) in [4.78, 5) is 15.6. The molecule has 4 nitrogen and oxygen atoms in total. The summed E-state index contributed by atoms with van der Waals surface area (Å²) >= 11 is 0. The van der Waals surface area contributed by atoms with E-state index in [-0.39, 0.29) is 11.5 Å². The summed E-state index contributed by atoms with van der Waals surface area (Å²) in [6.07, 6.45) is 6.99. The fraction of sp³-hybridized carbons (Fsp3) is 0.467. The van der Waals surface area contributed by atoms with Crippen molar-refractivity contribution < 1.29 is 4.79 Å². The second kappa shape index (κ2) is 9.95. The molecule has 0 spiro atoms. The van der Waals surface area contributed by atoms with Crippen LogP contribution in [0.3, 0.4) is 0 Å². The van der Waals surface area contributed by atoms with Gasteiger partial charge in [0.15, 0.2) is 0 Å². The van der Waals surface area contributed by atoms with E-state index in [4.69, 9.17) is 5.26 Å². The fourth-order valence-corrected chi connectivity index (χ4v) is 1.55. The number of hydrogen-bond donors (Lipinski definition) is 0. The third kappa shape index (κ3) is 6.46. The molecule has 0 aromatic heterocycles. The van der Waals surface area contributed by atoms with Crippen molar-refractivity contribution in [1.82, 2.24) is 9.80 Å². The van der Waals surface area contributed by atoms with E-state index in [1.165, 1.54) is 4.90 Å². The molecular weight excluding hydrogens is 238 g/mol. The van der Waals surface area contributed by atoms with Gasteiger partial charge in [-0.1, -0.05) is 25.5 Å². The summed E-state index contributed by atoms with van der Waals surface area (Å²) in [5.74, 6) is -0.286. The third-order valence-corrected chi connectivity index (χ3v) is 2.55. The minimum atomic E-state index is -0.286. The van der Waals surface area contributed by atoms with E-state index in [1.807, 2.05) is 18.0 Å². The Kier molecular flexibility index (Phi) is 8.90. The van der Waals surface area contributed by atoms with Crippen LogP contribution >= 0.6 is 0 Å². The van der Waals surface area contributed by atoms with E-state index in [1.54, 1.807) is 18.4 Å². The van der Waals surface area contributed by atoms with Crippen LogP contribution in [0.1, 0.15) is 19.8 Å². The molecule has 0 aromatic rings. The van der Waals surface area contributed by atoms with Crippen molar-refractivity contribution in [3.05, 3.63) is 37.1 Å². The monoisotopic (exact) mass is 261 g/mol. The molecule has 0 saturated heterocycles. The Labute approximate surface area is 116 Å². The van der Waals surface area contributed by atoms with Gasteiger partial charge in [-0.2, -0.15) is 5.26 Å². The Balaban J connectivity index is 4.86. The van der Waals surface area contributed by atoms with Gasteiger partial charge in [0.25, 0.3) is 5.91 Å². The molecule has 104 valence electrons. The molecule has 0 atom stereocenters. The Bertz CT molecular complexity index is 369. The largest absolute Gasteiger partial charge is 0.379 e. The molecule has 0 aliphatic heterocycles. The van der Waals surface area contributed by atoms with Gasteiger partial charge < -0.3 is 9.80 Å². The number of carbonyl (C=O) groups is 1. The molecule has 4 heteroatoms. The number of carbonyl (C=O) groups excluding carboxylic acids is 1. The maximum absolute atomic E-state index is 12.2. The van der Waals surface area contributed by atoms with Crippen LogP contribution < -0.4 is 0 Å². The molecule has 0 fully saturated rings. The van der Waals surface area contributed by atoms with Gasteiger partial charge in [-0.05, 0) is 6.42 Å². The molecule has 0 rings (SSSR count).